The van der Waals surface area contributed by atoms with Crippen LogP contribution in [0.4, 0.5) is 13.2 Å². The first kappa shape index (κ1) is 16.1. The summed E-state index contributed by atoms with van der Waals surface area (Å²) in [5, 5.41) is 0.353. The molecule has 0 aromatic heterocycles. The largest absolute Gasteiger partial charge is 0.408 e. The molecule has 0 unspecified atom stereocenters. The van der Waals surface area contributed by atoms with Crippen LogP contribution in [-0.2, 0) is 0 Å². The number of amides is 1. The van der Waals surface area contributed by atoms with E-state index in [-0.39, 0.29) is 24.9 Å². The summed E-state index contributed by atoms with van der Waals surface area (Å²) in [5.74, 6) is -0.686. The van der Waals surface area contributed by atoms with Crippen molar-refractivity contribution in [3.63, 3.8) is 0 Å². The van der Waals surface area contributed by atoms with Crippen LogP contribution in [0, 0.1) is 6.92 Å². The molecule has 0 radical (unpaired) electrons. The number of benzene rings is 1. The molecule has 0 bridgehead atoms. The number of likely N-dealkylation sites (tertiary alicyclic amines) is 1. The van der Waals surface area contributed by atoms with Crippen LogP contribution in [-0.4, -0.2) is 35.6 Å². The molecule has 1 amide bonds. The summed E-state index contributed by atoms with van der Waals surface area (Å²) in [6.07, 6.45) is -4.37. The highest BCUT2D eigenvalue weighted by Crippen LogP contribution is 2.32. The monoisotopic (exact) mass is 320 g/mol. The third-order valence-electron chi connectivity index (χ3n) is 3.68. The highest BCUT2D eigenvalue weighted by atomic mass is 35.5. The van der Waals surface area contributed by atoms with E-state index in [1.165, 1.54) is 12.1 Å². The molecule has 1 fully saturated rings. The maximum absolute atomic E-state index is 13.1. The smallest absolute Gasteiger partial charge is 0.326 e. The Morgan fingerprint density at radius 3 is 2.62 bits per heavy atom. The van der Waals surface area contributed by atoms with Gasteiger partial charge in [0.2, 0.25) is 0 Å². The molecule has 1 aromatic rings. The lowest BCUT2D eigenvalue weighted by molar-refractivity contribution is -0.184. The van der Waals surface area contributed by atoms with Crippen LogP contribution in [0.5, 0.6) is 0 Å². The Morgan fingerprint density at radius 1 is 1.38 bits per heavy atom. The summed E-state index contributed by atoms with van der Waals surface area (Å²) in [6, 6.07) is 2.27. The molecule has 21 heavy (non-hydrogen) atoms. The molecule has 0 spiro atoms. The molecule has 1 aliphatic heterocycles. The van der Waals surface area contributed by atoms with E-state index in [2.05, 4.69) is 0 Å². The summed E-state index contributed by atoms with van der Waals surface area (Å²) in [5.41, 5.74) is 6.62. The molecular formula is C14H16ClF3N2O. The Labute approximate surface area is 125 Å². The third kappa shape index (κ3) is 3.49. The number of hydrogen-bond acceptors (Lipinski definition) is 2. The molecule has 1 aromatic carbocycles. The predicted molar refractivity (Wildman–Crippen MR) is 74.3 cm³/mol. The van der Waals surface area contributed by atoms with E-state index in [9.17, 15) is 18.0 Å². The fourth-order valence-electron chi connectivity index (χ4n) is 2.46. The Hall–Kier alpha value is -1.27. The maximum atomic E-state index is 13.1. The zero-order valence-corrected chi connectivity index (χ0v) is 12.2. The lowest BCUT2D eigenvalue weighted by Gasteiger charge is -2.39. The number of nitrogens with two attached hydrogens (primary N) is 1. The highest BCUT2D eigenvalue weighted by Gasteiger charge is 2.47. The fourth-order valence-corrected chi connectivity index (χ4v) is 2.64. The number of carbonyl (C=O) groups is 1. The maximum Gasteiger partial charge on any atom is 0.408 e. The normalized spacial score (nSPS) is 23.2. The summed E-state index contributed by atoms with van der Waals surface area (Å²) in [7, 11) is 0. The van der Waals surface area contributed by atoms with Gasteiger partial charge in [-0.05, 0) is 37.5 Å². The second-order valence-corrected chi connectivity index (χ2v) is 5.72. The van der Waals surface area contributed by atoms with Crippen molar-refractivity contribution in [3.05, 3.63) is 34.3 Å². The van der Waals surface area contributed by atoms with Gasteiger partial charge in [0.15, 0.2) is 0 Å². The number of carbonyl (C=O) groups excluding carboxylic acids is 1. The molecule has 7 heteroatoms. The number of halogens is 4. The van der Waals surface area contributed by atoms with Gasteiger partial charge in [0, 0.05) is 23.2 Å². The van der Waals surface area contributed by atoms with Crippen molar-refractivity contribution in [2.24, 2.45) is 5.73 Å². The highest BCUT2D eigenvalue weighted by molar-refractivity contribution is 6.31. The van der Waals surface area contributed by atoms with Gasteiger partial charge in [-0.25, -0.2) is 0 Å². The molecule has 0 saturated carbocycles. The Kier molecular flexibility index (Phi) is 4.49. The number of rotatable bonds is 1. The molecular weight excluding hydrogens is 305 g/mol. The van der Waals surface area contributed by atoms with Gasteiger partial charge in [0.1, 0.15) is 6.04 Å². The average Bonchev–Trinajstić information content (AvgIpc) is 2.39. The van der Waals surface area contributed by atoms with Crippen molar-refractivity contribution in [1.29, 1.82) is 0 Å². The van der Waals surface area contributed by atoms with E-state index in [0.29, 0.717) is 5.02 Å². The summed E-state index contributed by atoms with van der Waals surface area (Å²) in [6.45, 7) is 1.65. The summed E-state index contributed by atoms with van der Waals surface area (Å²) < 4.78 is 39.2. The second kappa shape index (κ2) is 5.85. The first-order valence-electron chi connectivity index (χ1n) is 6.59. The first-order chi connectivity index (χ1) is 9.70. The van der Waals surface area contributed by atoms with Gasteiger partial charge < -0.3 is 10.6 Å². The molecule has 3 nitrogen and oxygen atoms in total. The molecule has 0 aliphatic carbocycles. The lowest BCUT2D eigenvalue weighted by atomic mass is 9.97. The standard InChI is InChI=1S/C14H16ClF3N2O/c1-8-2-3-9(6-11(8)15)13(21)20-7-10(19)4-5-12(20)14(16,17)18/h2-3,6,10,12H,4-5,7,19H2,1H3/t10-,12+/m1/s1. The summed E-state index contributed by atoms with van der Waals surface area (Å²) >= 11 is 5.93. The van der Waals surface area contributed by atoms with Gasteiger partial charge in [-0.1, -0.05) is 17.7 Å². The van der Waals surface area contributed by atoms with Gasteiger partial charge in [-0.3, -0.25) is 4.79 Å². The fraction of sp³-hybridized carbons (Fsp3) is 0.500. The SMILES string of the molecule is Cc1ccc(C(=O)N2C[C@H](N)CC[C@H]2C(F)(F)F)cc1Cl. The Bertz CT molecular complexity index is 548. The van der Waals surface area contributed by atoms with Crippen LogP contribution >= 0.6 is 11.6 Å². The van der Waals surface area contributed by atoms with E-state index in [1.54, 1.807) is 13.0 Å². The average molecular weight is 321 g/mol. The third-order valence-corrected chi connectivity index (χ3v) is 4.08. The Balaban J connectivity index is 2.31. The van der Waals surface area contributed by atoms with E-state index in [0.717, 1.165) is 10.5 Å². The van der Waals surface area contributed by atoms with Crippen LogP contribution in [0.25, 0.3) is 0 Å². The number of piperidine rings is 1. The van der Waals surface area contributed by atoms with E-state index >= 15 is 0 Å². The molecule has 2 rings (SSSR count). The van der Waals surface area contributed by atoms with Gasteiger partial charge >= 0.3 is 6.18 Å². The number of hydrogen-bond donors (Lipinski definition) is 1. The minimum Gasteiger partial charge on any atom is -0.326 e. The van der Waals surface area contributed by atoms with Gasteiger partial charge in [0.25, 0.3) is 5.91 Å². The van der Waals surface area contributed by atoms with E-state index in [1.807, 2.05) is 0 Å². The minimum absolute atomic E-state index is 0.103. The Morgan fingerprint density at radius 2 is 2.05 bits per heavy atom. The molecule has 1 aliphatic rings. The number of alkyl halides is 3. The van der Waals surface area contributed by atoms with Crippen LogP contribution < -0.4 is 5.73 Å². The lowest BCUT2D eigenvalue weighted by Crippen LogP contribution is -2.56. The van der Waals surface area contributed by atoms with Crippen LogP contribution in [0.1, 0.15) is 28.8 Å². The zero-order valence-electron chi connectivity index (χ0n) is 11.5. The summed E-state index contributed by atoms with van der Waals surface area (Å²) in [4.78, 5) is 13.2. The van der Waals surface area contributed by atoms with Gasteiger partial charge in [0.05, 0.1) is 0 Å². The molecule has 1 saturated heterocycles. The van der Waals surface area contributed by atoms with Crippen molar-refractivity contribution in [2.45, 2.75) is 38.0 Å². The number of aryl methyl sites for hydroxylation is 1. The first-order valence-corrected chi connectivity index (χ1v) is 6.97. The van der Waals surface area contributed by atoms with E-state index < -0.39 is 24.2 Å². The van der Waals surface area contributed by atoms with Gasteiger partial charge in [-0.2, -0.15) is 13.2 Å². The van der Waals surface area contributed by atoms with Crippen molar-refractivity contribution in [2.75, 3.05) is 6.54 Å². The molecule has 116 valence electrons. The van der Waals surface area contributed by atoms with Crippen LogP contribution in [0.15, 0.2) is 18.2 Å². The number of nitrogens with zero attached hydrogens (tertiary/aromatic N) is 1. The van der Waals surface area contributed by atoms with Crippen LogP contribution in [0.3, 0.4) is 0 Å². The van der Waals surface area contributed by atoms with Gasteiger partial charge in [-0.15, -0.1) is 0 Å². The molecule has 1 heterocycles. The predicted octanol–water partition coefficient (Wildman–Crippen LogP) is 3.14. The topological polar surface area (TPSA) is 46.3 Å². The second-order valence-electron chi connectivity index (χ2n) is 5.32. The van der Waals surface area contributed by atoms with E-state index in [4.69, 9.17) is 17.3 Å². The molecule has 2 N–H and O–H groups in total. The van der Waals surface area contributed by atoms with Crippen molar-refractivity contribution < 1.29 is 18.0 Å². The molecule has 2 atom stereocenters. The minimum atomic E-state index is -4.45. The van der Waals surface area contributed by atoms with Crippen LogP contribution in [0.2, 0.25) is 5.02 Å². The zero-order chi connectivity index (χ0) is 15.8. The van der Waals surface area contributed by atoms with Crippen molar-refractivity contribution in [1.82, 2.24) is 4.90 Å². The van der Waals surface area contributed by atoms with Crippen molar-refractivity contribution >= 4 is 17.5 Å². The van der Waals surface area contributed by atoms with Crippen molar-refractivity contribution in [3.8, 4) is 0 Å². The quantitative estimate of drug-likeness (QED) is 0.864.